The highest BCUT2D eigenvalue weighted by Crippen LogP contribution is 2.19. The van der Waals surface area contributed by atoms with E-state index >= 15 is 0 Å². The number of aromatic nitrogens is 3. The summed E-state index contributed by atoms with van der Waals surface area (Å²) in [4.78, 5) is 15.3. The molecule has 0 fully saturated rings. The first-order valence-electron chi connectivity index (χ1n) is 5.84. The van der Waals surface area contributed by atoms with Crippen molar-refractivity contribution in [3.05, 3.63) is 70.6 Å². The largest absolute Gasteiger partial charge is 0.362 e. The fourth-order valence-corrected chi connectivity index (χ4v) is 1.89. The lowest BCUT2D eigenvalue weighted by atomic mass is 10.2. The highest BCUT2D eigenvalue weighted by Gasteiger charge is 2.10. The van der Waals surface area contributed by atoms with Crippen LogP contribution >= 0.6 is 0 Å². The van der Waals surface area contributed by atoms with Crippen molar-refractivity contribution in [3.63, 3.8) is 0 Å². The summed E-state index contributed by atoms with van der Waals surface area (Å²) >= 11 is 0. The summed E-state index contributed by atoms with van der Waals surface area (Å²) in [6.45, 7) is 0. The van der Waals surface area contributed by atoms with Crippen LogP contribution in [-0.4, -0.2) is 14.8 Å². The van der Waals surface area contributed by atoms with E-state index in [0.29, 0.717) is 17.1 Å². The summed E-state index contributed by atoms with van der Waals surface area (Å²) in [5.74, 6) is -0.416. The molecular formula is C14H9F2N3O. The van der Waals surface area contributed by atoms with Gasteiger partial charge in [0.1, 0.15) is 11.6 Å². The molecule has 1 heterocycles. The van der Waals surface area contributed by atoms with Crippen LogP contribution in [0.15, 0.2) is 53.3 Å². The van der Waals surface area contributed by atoms with Gasteiger partial charge in [-0.25, -0.2) is 23.4 Å². The summed E-state index contributed by atoms with van der Waals surface area (Å²) in [5, 5.41) is 2.53. The minimum Gasteiger partial charge on any atom is -0.244 e. The van der Waals surface area contributed by atoms with Crippen LogP contribution in [0, 0.1) is 11.6 Å². The van der Waals surface area contributed by atoms with Crippen LogP contribution in [0.2, 0.25) is 0 Å². The molecule has 1 aromatic heterocycles. The van der Waals surface area contributed by atoms with Gasteiger partial charge >= 0.3 is 5.69 Å². The summed E-state index contributed by atoms with van der Waals surface area (Å²) < 4.78 is 27.3. The molecule has 0 atom stereocenters. The molecule has 4 nitrogen and oxygen atoms in total. The number of hydrogen-bond acceptors (Lipinski definition) is 2. The molecule has 3 rings (SSSR count). The van der Waals surface area contributed by atoms with Crippen LogP contribution in [0.1, 0.15) is 0 Å². The second-order valence-electron chi connectivity index (χ2n) is 4.17. The third-order valence-electron chi connectivity index (χ3n) is 2.81. The van der Waals surface area contributed by atoms with E-state index in [0.717, 1.165) is 0 Å². The van der Waals surface area contributed by atoms with Crippen molar-refractivity contribution in [1.29, 1.82) is 0 Å². The van der Waals surface area contributed by atoms with Gasteiger partial charge in [-0.3, -0.25) is 0 Å². The van der Waals surface area contributed by atoms with Crippen LogP contribution in [0.5, 0.6) is 0 Å². The lowest BCUT2D eigenvalue weighted by molar-refractivity contribution is 0.626. The number of nitrogens with one attached hydrogen (secondary N) is 1. The van der Waals surface area contributed by atoms with Gasteiger partial charge in [-0.2, -0.15) is 4.98 Å². The smallest absolute Gasteiger partial charge is 0.244 e. The van der Waals surface area contributed by atoms with Crippen molar-refractivity contribution < 1.29 is 8.78 Å². The summed E-state index contributed by atoms with van der Waals surface area (Å²) in [6.07, 6.45) is 0. The van der Waals surface area contributed by atoms with E-state index in [-0.39, 0.29) is 11.6 Å². The SMILES string of the molecule is O=c1nc(-c2ccc(F)cc2)n(-c2ccc(F)cc2)[nH]1. The first-order valence-corrected chi connectivity index (χ1v) is 5.84. The van der Waals surface area contributed by atoms with Crippen LogP contribution in [0.4, 0.5) is 8.78 Å². The number of hydrogen-bond donors (Lipinski definition) is 1. The Hall–Kier alpha value is -2.76. The Kier molecular flexibility index (Phi) is 2.90. The van der Waals surface area contributed by atoms with E-state index < -0.39 is 5.69 Å². The molecule has 0 unspecified atom stereocenters. The Morgan fingerprint density at radius 2 is 1.45 bits per heavy atom. The normalized spacial score (nSPS) is 10.7. The fourth-order valence-electron chi connectivity index (χ4n) is 1.89. The average molecular weight is 273 g/mol. The Morgan fingerprint density at radius 1 is 0.900 bits per heavy atom. The maximum atomic E-state index is 12.9. The molecule has 2 aromatic carbocycles. The second-order valence-corrected chi connectivity index (χ2v) is 4.17. The molecule has 0 aliphatic rings. The van der Waals surface area contributed by atoms with Gasteiger partial charge in [0, 0.05) is 5.56 Å². The zero-order chi connectivity index (χ0) is 14.1. The standard InChI is InChI=1S/C14H9F2N3O/c15-10-3-1-9(2-4-10)13-17-14(20)18-19(13)12-7-5-11(16)6-8-12/h1-8H,(H,18,20). The Bertz CT molecular complexity index is 723. The third kappa shape index (κ3) is 2.23. The van der Waals surface area contributed by atoms with Crippen LogP contribution in [0.25, 0.3) is 17.1 Å². The van der Waals surface area contributed by atoms with Crippen molar-refractivity contribution in [3.8, 4) is 17.1 Å². The molecule has 0 aliphatic heterocycles. The molecule has 0 aliphatic carbocycles. The van der Waals surface area contributed by atoms with E-state index in [4.69, 9.17) is 0 Å². The first-order chi connectivity index (χ1) is 9.63. The molecule has 0 spiro atoms. The number of rotatable bonds is 2. The van der Waals surface area contributed by atoms with Crippen LogP contribution < -0.4 is 5.69 Å². The number of benzene rings is 2. The number of halogens is 2. The highest BCUT2D eigenvalue weighted by atomic mass is 19.1. The van der Waals surface area contributed by atoms with E-state index in [1.54, 1.807) is 0 Å². The molecule has 0 saturated heterocycles. The maximum Gasteiger partial charge on any atom is 0.362 e. The second kappa shape index (κ2) is 4.73. The molecule has 100 valence electrons. The molecule has 3 aromatic rings. The molecule has 0 amide bonds. The van der Waals surface area contributed by atoms with Crippen molar-refractivity contribution in [2.45, 2.75) is 0 Å². The van der Waals surface area contributed by atoms with Gasteiger partial charge in [-0.1, -0.05) is 0 Å². The van der Waals surface area contributed by atoms with Gasteiger partial charge < -0.3 is 0 Å². The van der Waals surface area contributed by atoms with Gasteiger partial charge in [0.25, 0.3) is 0 Å². The van der Waals surface area contributed by atoms with Crippen molar-refractivity contribution in [1.82, 2.24) is 14.8 Å². The summed E-state index contributed by atoms with van der Waals surface area (Å²) in [5.41, 5.74) is 0.600. The van der Waals surface area contributed by atoms with Gasteiger partial charge in [0.2, 0.25) is 0 Å². The topological polar surface area (TPSA) is 50.7 Å². The van der Waals surface area contributed by atoms with E-state index in [2.05, 4.69) is 10.1 Å². The molecule has 6 heteroatoms. The molecular weight excluding hydrogens is 264 g/mol. The van der Waals surface area contributed by atoms with Gasteiger partial charge in [0.05, 0.1) is 5.69 Å². The zero-order valence-corrected chi connectivity index (χ0v) is 10.2. The minimum absolute atomic E-state index is 0.335. The average Bonchev–Trinajstić information content (AvgIpc) is 2.82. The highest BCUT2D eigenvalue weighted by molar-refractivity contribution is 5.57. The molecule has 1 N–H and O–H groups in total. The summed E-state index contributed by atoms with van der Waals surface area (Å²) in [6, 6.07) is 11.2. The summed E-state index contributed by atoms with van der Waals surface area (Å²) in [7, 11) is 0. The molecule has 0 radical (unpaired) electrons. The molecule has 20 heavy (non-hydrogen) atoms. The Morgan fingerprint density at radius 3 is 2.05 bits per heavy atom. The number of nitrogens with zero attached hydrogens (tertiary/aromatic N) is 2. The quantitative estimate of drug-likeness (QED) is 0.780. The maximum absolute atomic E-state index is 12.9. The Balaban J connectivity index is 2.15. The van der Waals surface area contributed by atoms with Crippen molar-refractivity contribution in [2.75, 3.05) is 0 Å². The van der Waals surface area contributed by atoms with Gasteiger partial charge in [0.15, 0.2) is 5.82 Å². The van der Waals surface area contributed by atoms with Crippen LogP contribution in [0.3, 0.4) is 0 Å². The Labute approximate surface area is 112 Å². The predicted molar refractivity (Wildman–Crippen MR) is 69.5 cm³/mol. The number of aromatic amines is 1. The predicted octanol–water partition coefficient (Wildman–Crippen LogP) is 2.51. The van der Waals surface area contributed by atoms with E-state index in [1.165, 1.54) is 53.2 Å². The van der Waals surface area contributed by atoms with Gasteiger partial charge in [-0.05, 0) is 48.5 Å². The fraction of sp³-hybridized carbons (Fsp3) is 0. The third-order valence-corrected chi connectivity index (χ3v) is 2.81. The molecule has 0 bridgehead atoms. The van der Waals surface area contributed by atoms with E-state index in [9.17, 15) is 13.6 Å². The monoisotopic (exact) mass is 273 g/mol. The lowest BCUT2D eigenvalue weighted by Gasteiger charge is -2.06. The van der Waals surface area contributed by atoms with Crippen molar-refractivity contribution >= 4 is 0 Å². The van der Waals surface area contributed by atoms with Gasteiger partial charge in [-0.15, -0.1) is 0 Å². The first kappa shape index (κ1) is 12.3. The zero-order valence-electron chi connectivity index (χ0n) is 10.2. The van der Waals surface area contributed by atoms with Crippen LogP contribution in [-0.2, 0) is 0 Å². The lowest BCUT2D eigenvalue weighted by Crippen LogP contribution is -2.05. The van der Waals surface area contributed by atoms with Crippen molar-refractivity contribution in [2.24, 2.45) is 0 Å². The molecule has 0 saturated carbocycles. The van der Waals surface area contributed by atoms with E-state index in [1.807, 2.05) is 0 Å². The number of H-pyrrole nitrogens is 1. The minimum atomic E-state index is -0.534.